The number of nitrogens with zero attached hydrogens (tertiary/aromatic N) is 2. The number of hydrogen-bond donors (Lipinski definition) is 1. The molecular weight excluding hydrogens is 250 g/mol. The fraction of sp³-hybridized carbons (Fsp3) is 0.938. The van der Waals surface area contributed by atoms with Crippen molar-refractivity contribution in [3.05, 3.63) is 0 Å². The number of amides is 1. The Morgan fingerprint density at radius 1 is 1.30 bits per heavy atom. The SMILES string of the molecule is CCC1CCCCN1C(=O)CN(C)CC1CCCNC1. The molecule has 0 radical (unpaired) electrons. The largest absolute Gasteiger partial charge is 0.339 e. The Bertz CT molecular complexity index is 302. The van der Waals surface area contributed by atoms with E-state index in [4.69, 9.17) is 0 Å². The Kier molecular flexibility index (Phi) is 6.30. The standard InChI is InChI=1S/C16H31N3O/c1-3-15-8-4-5-10-19(15)16(20)13-18(2)12-14-7-6-9-17-11-14/h14-15,17H,3-13H2,1-2H3. The average Bonchev–Trinajstić information content (AvgIpc) is 2.48. The van der Waals surface area contributed by atoms with Gasteiger partial charge in [-0.25, -0.2) is 0 Å². The van der Waals surface area contributed by atoms with Gasteiger partial charge in [0.25, 0.3) is 0 Å². The Morgan fingerprint density at radius 2 is 2.15 bits per heavy atom. The van der Waals surface area contributed by atoms with Crippen LogP contribution in [0.1, 0.15) is 45.4 Å². The molecule has 116 valence electrons. The molecule has 4 heteroatoms. The third kappa shape index (κ3) is 4.45. The Morgan fingerprint density at radius 3 is 2.85 bits per heavy atom. The zero-order chi connectivity index (χ0) is 14.4. The van der Waals surface area contributed by atoms with Crippen molar-refractivity contribution < 1.29 is 4.79 Å². The highest BCUT2D eigenvalue weighted by Crippen LogP contribution is 2.20. The number of hydrogen-bond acceptors (Lipinski definition) is 3. The summed E-state index contributed by atoms with van der Waals surface area (Å²) in [6.45, 7) is 7.07. The Labute approximate surface area is 123 Å². The summed E-state index contributed by atoms with van der Waals surface area (Å²) in [5.41, 5.74) is 0. The van der Waals surface area contributed by atoms with E-state index >= 15 is 0 Å². The first-order valence-electron chi connectivity index (χ1n) is 8.39. The maximum atomic E-state index is 12.5. The fourth-order valence-electron chi connectivity index (χ4n) is 3.66. The van der Waals surface area contributed by atoms with E-state index in [-0.39, 0.29) is 0 Å². The lowest BCUT2D eigenvalue weighted by Crippen LogP contribution is -2.48. The molecule has 0 bridgehead atoms. The molecule has 2 unspecified atom stereocenters. The van der Waals surface area contributed by atoms with Crippen molar-refractivity contribution in [3.8, 4) is 0 Å². The van der Waals surface area contributed by atoms with Gasteiger partial charge in [-0.2, -0.15) is 0 Å². The monoisotopic (exact) mass is 281 g/mol. The van der Waals surface area contributed by atoms with Crippen LogP contribution in [0.3, 0.4) is 0 Å². The van der Waals surface area contributed by atoms with Gasteiger partial charge in [0.1, 0.15) is 0 Å². The molecule has 0 aromatic heterocycles. The third-order valence-electron chi connectivity index (χ3n) is 4.79. The highest BCUT2D eigenvalue weighted by molar-refractivity contribution is 5.78. The number of nitrogens with one attached hydrogen (secondary N) is 1. The lowest BCUT2D eigenvalue weighted by atomic mass is 9.98. The van der Waals surface area contributed by atoms with Crippen LogP contribution in [0.5, 0.6) is 0 Å². The van der Waals surface area contributed by atoms with Crippen molar-refractivity contribution in [2.45, 2.75) is 51.5 Å². The summed E-state index contributed by atoms with van der Waals surface area (Å²) in [4.78, 5) is 16.8. The van der Waals surface area contributed by atoms with Crippen LogP contribution in [-0.4, -0.2) is 61.5 Å². The van der Waals surface area contributed by atoms with E-state index in [1.807, 2.05) is 0 Å². The van der Waals surface area contributed by atoms with Gasteiger partial charge in [0.2, 0.25) is 5.91 Å². The molecule has 0 aromatic rings. The smallest absolute Gasteiger partial charge is 0.236 e. The van der Waals surface area contributed by atoms with Crippen molar-refractivity contribution >= 4 is 5.91 Å². The van der Waals surface area contributed by atoms with Gasteiger partial charge < -0.3 is 10.2 Å². The van der Waals surface area contributed by atoms with Crippen LogP contribution < -0.4 is 5.32 Å². The normalized spacial score (nSPS) is 27.9. The van der Waals surface area contributed by atoms with E-state index in [0.717, 1.165) is 32.6 Å². The van der Waals surface area contributed by atoms with Gasteiger partial charge in [0, 0.05) is 19.1 Å². The second-order valence-electron chi connectivity index (χ2n) is 6.55. The molecule has 2 saturated heterocycles. The molecule has 0 aromatic carbocycles. The number of likely N-dealkylation sites (N-methyl/N-ethyl adjacent to an activating group) is 1. The van der Waals surface area contributed by atoms with E-state index in [9.17, 15) is 4.79 Å². The van der Waals surface area contributed by atoms with Gasteiger partial charge in [-0.1, -0.05) is 6.92 Å². The maximum absolute atomic E-state index is 12.5. The average molecular weight is 281 g/mol. The van der Waals surface area contributed by atoms with Crippen LogP contribution >= 0.6 is 0 Å². The Balaban J connectivity index is 1.77. The van der Waals surface area contributed by atoms with Crippen molar-refractivity contribution in [1.82, 2.24) is 15.1 Å². The number of piperidine rings is 2. The van der Waals surface area contributed by atoms with E-state index in [1.54, 1.807) is 0 Å². The van der Waals surface area contributed by atoms with Gasteiger partial charge >= 0.3 is 0 Å². The fourth-order valence-corrected chi connectivity index (χ4v) is 3.66. The summed E-state index contributed by atoms with van der Waals surface area (Å²) < 4.78 is 0. The van der Waals surface area contributed by atoms with Crippen molar-refractivity contribution in [3.63, 3.8) is 0 Å². The van der Waals surface area contributed by atoms with Crippen molar-refractivity contribution in [2.75, 3.05) is 39.8 Å². The number of carbonyl (C=O) groups is 1. The lowest BCUT2D eigenvalue weighted by molar-refractivity contribution is -0.136. The van der Waals surface area contributed by atoms with Crippen LogP contribution in [0, 0.1) is 5.92 Å². The van der Waals surface area contributed by atoms with Crippen LogP contribution in [0.25, 0.3) is 0 Å². The molecule has 2 aliphatic rings. The summed E-state index contributed by atoms with van der Waals surface area (Å²) in [6.07, 6.45) is 7.33. The minimum absolute atomic E-state index is 0.336. The number of carbonyl (C=O) groups excluding carboxylic acids is 1. The zero-order valence-corrected chi connectivity index (χ0v) is 13.2. The minimum Gasteiger partial charge on any atom is -0.339 e. The number of rotatable bonds is 5. The summed E-state index contributed by atoms with van der Waals surface area (Å²) in [7, 11) is 2.09. The molecule has 20 heavy (non-hydrogen) atoms. The van der Waals surface area contributed by atoms with Gasteiger partial charge in [-0.15, -0.1) is 0 Å². The predicted molar refractivity (Wildman–Crippen MR) is 82.7 cm³/mol. The highest BCUT2D eigenvalue weighted by atomic mass is 16.2. The quantitative estimate of drug-likeness (QED) is 0.833. The maximum Gasteiger partial charge on any atom is 0.236 e. The van der Waals surface area contributed by atoms with Crippen molar-refractivity contribution in [1.29, 1.82) is 0 Å². The first-order valence-corrected chi connectivity index (χ1v) is 8.39. The topological polar surface area (TPSA) is 35.6 Å². The first-order chi connectivity index (χ1) is 9.70. The summed E-state index contributed by atoms with van der Waals surface area (Å²) in [6, 6.07) is 0.487. The van der Waals surface area contributed by atoms with E-state index in [2.05, 4.69) is 29.1 Å². The Hall–Kier alpha value is -0.610. The van der Waals surface area contributed by atoms with Gasteiger partial charge in [0.05, 0.1) is 6.54 Å². The van der Waals surface area contributed by atoms with E-state index < -0.39 is 0 Å². The molecule has 2 fully saturated rings. The molecule has 2 heterocycles. The van der Waals surface area contributed by atoms with Crippen molar-refractivity contribution in [2.24, 2.45) is 5.92 Å². The molecule has 1 N–H and O–H groups in total. The number of likely N-dealkylation sites (tertiary alicyclic amines) is 1. The van der Waals surface area contributed by atoms with Crippen LogP contribution in [-0.2, 0) is 4.79 Å². The molecule has 4 nitrogen and oxygen atoms in total. The zero-order valence-electron chi connectivity index (χ0n) is 13.2. The molecule has 1 amide bonds. The van der Waals surface area contributed by atoms with Gasteiger partial charge in [-0.05, 0) is 64.6 Å². The van der Waals surface area contributed by atoms with Crippen LogP contribution in [0.2, 0.25) is 0 Å². The molecule has 2 rings (SSSR count). The summed E-state index contributed by atoms with van der Waals surface area (Å²) in [5.74, 6) is 1.05. The van der Waals surface area contributed by atoms with Crippen LogP contribution in [0.4, 0.5) is 0 Å². The van der Waals surface area contributed by atoms with E-state index in [1.165, 1.54) is 32.1 Å². The molecule has 0 spiro atoms. The first kappa shape index (κ1) is 15.8. The molecule has 0 saturated carbocycles. The van der Waals surface area contributed by atoms with Gasteiger partial charge in [0.15, 0.2) is 0 Å². The predicted octanol–water partition coefficient (Wildman–Crippen LogP) is 1.71. The third-order valence-corrected chi connectivity index (χ3v) is 4.79. The van der Waals surface area contributed by atoms with Gasteiger partial charge in [-0.3, -0.25) is 9.69 Å². The lowest BCUT2D eigenvalue weighted by Gasteiger charge is -2.36. The highest BCUT2D eigenvalue weighted by Gasteiger charge is 2.26. The molecular formula is C16H31N3O. The molecule has 2 aliphatic heterocycles. The summed E-state index contributed by atoms with van der Waals surface area (Å²) >= 11 is 0. The molecule has 2 atom stereocenters. The minimum atomic E-state index is 0.336. The second-order valence-corrected chi connectivity index (χ2v) is 6.55. The van der Waals surface area contributed by atoms with Crippen LogP contribution in [0.15, 0.2) is 0 Å². The summed E-state index contributed by atoms with van der Waals surface area (Å²) in [5, 5.41) is 3.45. The molecule has 0 aliphatic carbocycles. The second kappa shape index (κ2) is 7.99. The van der Waals surface area contributed by atoms with E-state index in [0.29, 0.717) is 24.4 Å².